The molecule has 2 amide bonds. The number of hydrogen-bond donors (Lipinski definition) is 1. The molecule has 1 saturated heterocycles. The third-order valence-corrected chi connectivity index (χ3v) is 6.18. The van der Waals surface area contributed by atoms with Crippen LogP contribution in [0.1, 0.15) is 39.3 Å². The molecule has 0 radical (unpaired) electrons. The van der Waals surface area contributed by atoms with Gasteiger partial charge in [-0.25, -0.2) is 9.49 Å². The van der Waals surface area contributed by atoms with Crippen molar-refractivity contribution < 1.29 is 18.8 Å². The van der Waals surface area contributed by atoms with E-state index in [1.165, 1.54) is 17.0 Å². The maximum atomic E-state index is 14.6. The molecule has 0 bridgehead atoms. The molecule has 1 N–H and O–H groups in total. The summed E-state index contributed by atoms with van der Waals surface area (Å²) in [5.74, 6) is -1.55. The number of piperazine rings is 1. The fourth-order valence-corrected chi connectivity index (χ4v) is 4.14. The number of halogens is 1. The highest BCUT2D eigenvalue weighted by molar-refractivity contribution is 6.15. The van der Waals surface area contributed by atoms with Gasteiger partial charge in [-0.1, -0.05) is 18.2 Å². The molecular formula is C24H21FN4O4. The summed E-state index contributed by atoms with van der Waals surface area (Å²) in [7, 11) is 0. The lowest BCUT2D eigenvalue weighted by Crippen LogP contribution is -2.51. The number of ketones is 1. The normalized spacial score (nSPS) is 16.2. The average Bonchev–Trinajstić information content (AvgIpc) is 3.69. The smallest absolute Gasteiger partial charge is 0.272 e. The minimum absolute atomic E-state index is 0.0161. The lowest BCUT2D eigenvalue weighted by atomic mass is 10.0. The molecular weight excluding hydrogens is 427 g/mol. The Kier molecular flexibility index (Phi) is 5.24. The number of carbonyl (C=O) groups excluding carboxylic acids is 3. The van der Waals surface area contributed by atoms with Crippen LogP contribution in [0, 0.1) is 11.7 Å². The fraction of sp³-hybridized carbons (Fsp3) is 0.292. The molecule has 1 aliphatic heterocycles. The Morgan fingerprint density at radius 2 is 1.61 bits per heavy atom. The second-order valence-corrected chi connectivity index (χ2v) is 8.36. The summed E-state index contributed by atoms with van der Waals surface area (Å²) in [5, 5.41) is 6.90. The Morgan fingerprint density at radius 3 is 2.30 bits per heavy atom. The highest BCUT2D eigenvalue weighted by atomic mass is 19.1. The first-order valence-electron chi connectivity index (χ1n) is 10.8. The number of carbonyl (C=O) groups is 3. The lowest BCUT2D eigenvalue weighted by molar-refractivity contribution is -0.134. The number of aromatic amines is 1. The van der Waals surface area contributed by atoms with Crippen molar-refractivity contribution in [1.82, 2.24) is 20.0 Å². The maximum absolute atomic E-state index is 14.6. The van der Waals surface area contributed by atoms with E-state index in [1.54, 1.807) is 29.2 Å². The molecule has 2 aromatic carbocycles. The molecule has 0 spiro atoms. The van der Waals surface area contributed by atoms with Gasteiger partial charge in [-0.05, 0) is 37.1 Å². The van der Waals surface area contributed by atoms with Gasteiger partial charge in [-0.2, -0.15) is 5.10 Å². The standard InChI is InChI=1S/C24H21FN4O4/c25-19-8-7-15(21(30)20-16-3-1-2-4-17(16)22(31)27-26-20)13-18(19)24(33)29-11-9-28(10-12-29)23(32)14-5-6-14/h1-4,7-8,13-14H,5-6,9-12H2,(H,27,31). The van der Waals surface area contributed by atoms with Crippen molar-refractivity contribution in [3.05, 3.63) is 75.5 Å². The van der Waals surface area contributed by atoms with E-state index in [1.807, 2.05) is 0 Å². The van der Waals surface area contributed by atoms with Gasteiger partial charge in [0.25, 0.3) is 11.5 Å². The van der Waals surface area contributed by atoms with Gasteiger partial charge < -0.3 is 9.80 Å². The molecule has 0 atom stereocenters. The number of benzene rings is 2. The van der Waals surface area contributed by atoms with E-state index in [0.29, 0.717) is 37.0 Å². The second-order valence-electron chi connectivity index (χ2n) is 8.36. The summed E-state index contributed by atoms with van der Waals surface area (Å²) in [6.07, 6.45) is 1.84. The largest absolute Gasteiger partial charge is 0.339 e. The summed E-state index contributed by atoms with van der Waals surface area (Å²) in [6, 6.07) is 10.2. The first-order chi connectivity index (χ1) is 15.9. The Morgan fingerprint density at radius 1 is 0.939 bits per heavy atom. The van der Waals surface area contributed by atoms with E-state index >= 15 is 0 Å². The van der Waals surface area contributed by atoms with Crippen molar-refractivity contribution in [3.8, 4) is 0 Å². The zero-order valence-corrected chi connectivity index (χ0v) is 17.7. The quantitative estimate of drug-likeness (QED) is 0.615. The molecule has 1 saturated carbocycles. The minimum atomic E-state index is -0.729. The molecule has 1 aromatic heterocycles. The van der Waals surface area contributed by atoms with Crippen LogP contribution in [0.5, 0.6) is 0 Å². The number of fused-ring (bicyclic) bond motifs is 1. The highest BCUT2D eigenvalue weighted by Crippen LogP contribution is 2.31. The van der Waals surface area contributed by atoms with Gasteiger partial charge in [-0.15, -0.1) is 0 Å². The monoisotopic (exact) mass is 448 g/mol. The van der Waals surface area contributed by atoms with Crippen molar-refractivity contribution in [2.24, 2.45) is 5.92 Å². The van der Waals surface area contributed by atoms with Crippen LogP contribution in [0.4, 0.5) is 4.39 Å². The number of nitrogens with one attached hydrogen (secondary N) is 1. The van der Waals surface area contributed by atoms with Gasteiger partial charge in [0.05, 0.1) is 10.9 Å². The van der Waals surface area contributed by atoms with Crippen LogP contribution in [0.15, 0.2) is 47.3 Å². The predicted octanol–water partition coefficient (Wildman–Crippen LogP) is 1.99. The molecule has 2 heterocycles. The second kappa shape index (κ2) is 8.23. The number of H-pyrrole nitrogens is 1. The Bertz CT molecular complexity index is 1340. The number of rotatable bonds is 4. The van der Waals surface area contributed by atoms with E-state index in [2.05, 4.69) is 10.2 Å². The van der Waals surface area contributed by atoms with E-state index in [4.69, 9.17) is 0 Å². The van der Waals surface area contributed by atoms with Crippen LogP contribution in [0.3, 0.4) is 0 Å². The van der Waals surface area contributed by atoms with Crippen molar-refractivity contribution in [3.63, 3.8) is 0 Å². The van der Waals surface area contributed by atoms with Crippen molar-refractivity contribution in [2.75, 3.05) is 26.2 Å². The predicted molar refractivity (Wildman–Crippen MR) is 117 cm³/mol. The van der Waals surface area contributed by atoms with Gasteiger partial charge in [0.15, 0.2) is 0 Å². The number of amides is 2. The fourth-order valence-electron chi connectivity index (χ4n) is 4.14. The van der Waals surface area contributed by atoms with Crippen molar-refractivity contribution >= 4 is 28.4 Å². The highest BCUT2D eigenvalue weighted by Gasteiger charge is 2.35. The van der Waals surface area contributed by atoms with Crippen LogP contribution in [-0.4, -0.2) is 63.8 Å². The van der Waals surface area contributed by atoms with Gasteiger partial charge in [0, 0.05) is 43.0 Å². The molecule has 1 aliphatic carbocycles. The number of nitrogens with zero attached hydrogens (tertiary/aromatic N) is 3. The molecule has 8 nitrogen and oxygen atoms in total. The first-order valence-corrected chi connectivity index (χ1v) is 10.8. The molecule has 2 aliphatic rings. The van der Waals surface area contributed by atoms with E-state index < -0.39 is 23.1 Å². The Labute approximate surface area is 188 Å². The van der Waals surface area contributed by atoms with Crippen LogP contribution in [-0.2, 0) is 4.79 Å². The molecule has 2 fully saturated rings. The van der Waals surface area contributed by atoms with Crippen molar-refractivity contribution in [1.29, 1.82) is 0 Å². The summed E-state index contributed by atoms with van der Waals surface area (Å²) < 4.78 is 14.6. The Balaban J connectivity index is 1.39. The van der Waals surface area contributed by atoms with Crippen molar-refractivity contribution in [2.45, 2.75) is 12.8 Å². The van der Waals surface area contributed by atoms with Crippen LogP contribution in [0.2, 0.25) is 0 Å². The van der Waals surface area contributed by atoms with E-state index in [-0.39, 0.29) is 28.6 Å². The van der Waals surface area contributed by atoms with Gasteiger partial charge in [0.2, 0.25) is 11.7 Å². The molecule has 168 valence electrons. The van der Waals surface area contributed by atoms with E-state index in [0.717, 1.165) is 18.9 Å². The zero-order chi connectivity index (χ0) is 23.1. The molecule has 33 heavy (non-hydrogen) atoms. The molecule has 9 heteroatoms. The van der Waals surface area contributed by atoms with Crippen LogP contribution in [0.25, 0.3) is 10.8 Å². The first kappa shape index (κ1) is 21.0. The number of hydrogen-bond acceptors (Lipinski definition) is 5. The zero-order valence-electron chi connectivity index (χ0n) is 17.7. The number of aromatic nitrogens is 2. The third-order valence-electron chi connectivity index (χ3n) is 6.18. The van der Waals surface area contributed by atoms with Gasteiger partial charge >= 0.3 is 0 Å². The van der Waals surface area contributed by atoms with Crippen LogP contribution >= 0.6 is 0 Å². The molecule has 3 aromatic rings. The van der Waals surface area contributed by atoms with E-state index in [9.17, 15) is 23.6 Å². The topological polar surface area (TPSA) is 103 Å². The summed E-state index contributed by atoms with van der Waals surface area (Å²) in [6.45, 7) is 1.44. The lowest BCUT2D eigenvalue weighted by Gasteiger charge is -2.35. The summed E-state index contributed by atoms with van der Waals surface area (Å²) in [4.78, 5) is 53.6. The average molecular weight is 448 g/mol. The summed E-state index contributed by atoms with van der Waals surface area (Å²) >= 11 is 0. The summed E-state index contributed by atoms with van der Waals surface area (Å²) in [5.41, 5.74) is -0.526. The van der Waals surface area contributed by atoms with Gasteiger partial charge in [0.1, 0.15) is 11.5 Å². The SMILES string of the molecule is O=C(c1ccc(F)c(C(=O)N2CCN(C(=O)C3CC3)CC2)c1)c1n[nH]c(=O)c2ccccc12. The maximum Gasteiger partial charge on any atom is 0.272 e. The van der Waals surface area contributed by atoms with Crippen LogP contribution < -0.4 is 5.56 Å². The van der Waals surface area contributed by atoms with Gasteiger partial charge in [-0.3, -0.25) is 19.2 Å². The molecule has 0 unspecified atom stereocenters. The minimum Gasteiger partial charge on any atom is -0.339 e. The third kappa shape index (κ3) is 3.90. The molecule has 5 rings (SSSR count). The Hall–Kier alpha value is -3.88.